The first-order valence-electron chi connectivity index (χ1n) is 7.81. The second kappa shape index (κ2) is 7.19. The Balaban J connectivity index is 1.86. The molecule has 0 spiro atoms. The van der Waals surface area contributed by atoms with Gasteiger partial charge in [-0.3, -0.25) is 9.59 Å². The number of amides is 1. The van der Waals surface area contributed by atoms with E-state index in [4.69, 9.17) is 21.4 Å². The Labute approximate surface area is 143 Å². The van der Waals surface area contributed by atoms with Gasteiger partial charge in [0.25, 0.3) is 5.91 Å². The number of carboxylic acid groups (broad SMARTS) is 1. The van der Waals surface area contributed by atoms with Gasteiger partial charge in [-0.05, 0) is 25.0 Å². The highest BCUT2D eigenvalue weighted by Crippen LogP contribution is 2.23. The molecular formula is C16H18ClN3O4. The van der Waals surface area contributed by atoms with Gasteiger partial charge < -0.3 is 14.7 Å². The third-order valence-corrected chi connectivity index (χ3v) is 4.36. The Bertz CT molecular complexity index is 755. The van der Waals surface area contributed by atoms with Crippen molar-refractivity contribution in [3.8, 4) is 0 Å². The zero-order valence-corrected chi connectivity index (χ0v) is 13.8. The van der Waals surface area contributed by atoms with Gasteiger partial charge in [-0.1, -0.05) is 11.6 Å². The van der Waals surface area contributed by atoms with Gasteiger partial charge in [0.05, 0.1) is 34.8 Å². The van der Waals surface area contributed by atoms with Crippen molar-refractivity contribution in [2.24, 2.45) is 0 Å². The molecule has 1 amide bonds. The minimum absolute atomic E-state index is 0.0555. The third-order valence-electron chi connectivity index (χ3n) is 4.05. The molecule has 128 valence electrons. The Morgan fingerprint density at radius 1 is 1.50 bits per heavy atom. The molecule has 1 fully saturated rings. The number of carboxylic acids is 1. The van der Waals surface area contributed by atoms with Crippen LogP contribution in [0.5, 0.6) is 0 Å². The molecule has 2 aromatic heterocycles. The van der Waals surface area contributed by atoms with Crippen molar-refractivity contribution in [2.45, 2.75) is 25.4 Å². The lowest BCUT2D eigenvalue weighted by Crippen LogP contribution is -2.38. The number of carbonyl (C=O) groups is 2. The van der Waals surface area contributed by atoms with E-state index in [9.17, 15) is 9.59 Å². The van der Waals surface area contributed by atoms with Gasteiger partial charge in [0.1, 0.15) is 0 Å². The summed E-state index contributed by atoms with van der Waals surface area (Å²) < 4.78 is 7.12. The summed E-state index contributed by atoms with van der Waals surface area (Å²) in [7, 11) is 0. The molecule has 3 rings (SSSR count). The number of aliphatic carboxylic acids is 1. The maximum Gasteiger partial charge on any atom is 0.305 e. The van der Waals surface area contributed by atoms with Crippen LogP contribution in [0.4, 0.5) is 0 Å². The molecule has 1 unspecified atom stereocenters. The smallest absolute Gasteiger partial charge is 0.305 e. The fraction of sp³-hybridized carbons (Fsp3) is 0.438. The average Bonchev–Trinajstić information content (AvgIpc) is 3.20. The van der Waals surface area contributed by atoms with Crippen molar-refractivity contribution in [3.05, 3.63) is 35.1 Å². The molecule has 0 aliphatic carbocycles. The van der Waals surface area contributed by atoms with Gasteiger partial charge in [0.2, 0.25) is 0 Å². The number of nitrogens with zero attached hydrogens (tertiary/aromatic N) is 3. The minimum atomic E-state index is -0.946. The van der Waals surface area contributed by atoms with E-state index in [2.05, 4.69) is 5.10 Å². The van der Waals surface area contributed by atoms with Crippen LogP contribution in [0.15, 0.2) is 24.5 Å². The molecule has 3 heterocycles. The summed E-state index contributed by atoms with van der Waals surface area (Å²) in [5.74, 6) is -1.23. The van der Waals surface area contributed by atoms with Crippen LogP contribution in [0, 0.1) is 0 Å². The maximum absolute atomic E-state index is 12.9. The first-order chi connectivity index (χ1) is 11.6. The minimum Gasteiger partial charge on any atom is -0.481 e. The van der Waals surface area contributed by atoms with E-state index in [1.807, 2.05) is 0 Å². The van der Waals surface area contributed by atoms with E-state index in [-0.39, 0.29) is 25.0 Å². The number of carbonyl (C=O) groups excluding carboxylic acids is 1. The van der Waals surface area contributed by atoms with E-state index >= 15 is 0 Å². The topological polar surface area (TPSA) is 84.1 Å². The SMILES string of the molecule is O=C(O)CCN(CC1CCCO1)C(=O)c1cnn2cccc(Cl)c12. The monoisotopic (exact) mass is 351 g/mol. The zero-order valence-electron chi connectivity index (χ0n) is 13.0. The molecule has 1 aliphatic heterocycles. The number of aromatic nitrogens is 2. The summed E-state index contributed by atoms with van der Waals surface area (Å²) in [5.41, 5.74) is 0.890. The number of hydrogen-bond donors (Lipinski definition) is 1. The number of rotatable bonds is 6. The molecule has 0 radical (unpaired) electrons. The number of fused-ring (bicyclic) bond motifs is 1. The zero-order chi connectivity index (χ0) is 17.1. The van der Waals surface area contributed by atoms with E-state index in [1.165, 1.54) is 15.6 Å². The first kappa shape index (κ1) is 16.7. The van der Waals surface area contributed by atoms with Crippen molar-refractivity contribution in [1.29, 1.82) is 0 Å². The average molecular weight is 352 g/mol. The molecular weight excluding hydrogens is 334 g/mol. The molecule has 0 aromatic carbocycles. The van der Waals surface area contributed by atoms with Crippen LogP contribution in [0.1, 0.15) is 29.6 Å². The van der Waals surface area contributed by atoms with Crippen LogP contribution in [0.3, 0.4) is 0 Å². The predicted molar refractivity (Wildman–Crippen MR) is 87.3 cm³/mol. The summed E-state index contributed by atoms with van der Waals surface area (Å²) in [4.78, 5) is 25.4. The second-order valence-electron chi connectivity index (χ2n) is 5.74. The number of ether oxygens (including phenoxy) is 1. The van der Waals surface area contributed by atoms with Gasteiger partial charge >= 0.3 is 5.97 Å². The molecule has 0 bridgehead atoms. The van der Waals surface area contributed by atoms with E-state index in [0.717, 1.165) is 12.8 Å². The molecule has 24 heavy (non-hydrogen) atoms. The third kappa shape index (κ3) is 3.52. The number of hydrogen-bond acceptors (Lipinski definition) is 4. The normalized spacial score (nSPS) is 17.3. The van der Waals surface area contributed by atoms with E-state index in [0.29, 0.717) is 29.3 Å². The predicted octanol–water partition coefficient (Wildman–Crippen LogP) is 2.08. The second-order valence-corrected chi connectivity index (χ2v) is 6.14. The van der Waals surface area contributed by atoms with Crippen LogP contribution in [0.2, 0.25) is 5.02 Å². The highest BCUT2D eigenvalue weighted by Gasteiger charge is 2.26. The van der Waals surface area contributed by atoms with Crippen LogP contribution < -0.4 is 0 Å². The van der Waals surface area contributed by atoms with Crippen molar-refractivity contribution in [2.75, 3.05) is 19.7 Å². The van der Waals surface area contributed by atoms with Gasteiger partial charge in [0, 0.05) is 25.9 Å². The van der Waals surface area contributed by atoms with Gasteiger partial charge in [-0.15, -0.1) is 0 Å². The Morgan fingerprint density at radius 2 is 2.33 bits per heavy atom. The summed E-state index contributed by atoms with van der Waals surface area (Å²) >= 11 is 6.20. The first-order valence-corrected chi connectivity index (χ1v) is 8.18. The summed E-state index contributed by atoms with van der Waals surface area (Å²) in [5, 5.41) is 13.5. The van der Waals surface area contributed by atoms with Crippen LogP contribution in [-0.4, -0.2) is 57.3 Å². The molecule has 1 atom stereocenters. The van der Waals surface area contributed by atoms with E-state index in [1.54, 1.807) is 18.3 Å². The standard InChI is InChI=1S/C16H18ClN3O4/c17-13-4-1-6-20-15(13)12(9-18-20)16(23)19(7-5-14(21)22)10-11-3-2-8-24-11/h1,4,6,9,11H,2-3,5,7-8,10H2,(H,21,22). The molecule has 7 nitrogen and oxygen atoms in total. The highest BCUT2D eigenvalue weighted by atomic mass is 35.5. The van der Waals surface area contributed by atoms with Crippen molar-refractivity contribution in [1.82, 2.24) is 14.5 Å². The summed E-state index contributed by atoms with van der Waals surface area (Å²) in [6.45, 7) is 1.16. The number of halogens is 1. The lowest BCUT2D eigenvalue weighted by atomic mass is 10.2. The fourth-order valence-electron chi connectivity index (χ4n) is 2.87. The van der Waals surface area contributed by atoms with Crippen molar-refractivity contribution >= 4 is 29.0 Å². The summed E-state index contributed by atoms with van der Waals surface area (Å²) in [6, 6.07) is 3.43. The quantitative estimate of drug-likeness (QED) is 0.861. The van der Waals surface area contributed by atoms with Crippen LogP contribution >= 0.6 is 11.6 Å². The molecule has 1 saturated heterocycles. The molecule has 8 heteroatoms. The Hall–Kier alpha value is -2.12. The largest absolute Gasteiger partial charge is 0.481 e. The van der Waals surface area contributed by atoms with Crippen molar-refractivity contribution < 1.29 is 19.4 Å². The summed E-state index contributed by atoms with van der Waals surface area (Å²) in [6.07, 6.45) is 4.82. The fourth-order valence-corrected chi connectivity index (χ4v) is 3.13. The van der Waals surface area contributed by atoms with E-state index < -0.39 is 5.97 Å². The number of pyridine rings is 1. The van der Waals surface area contributed by atoms with Crippen LogP contribution in [-0.2, 0) is 9.53 Å². The lowest BCUT2D eigenvalue weighted by molar-refractivity contribution is -0.137. The van der Waals surface area contributed by atoms with Crippen molar-refractivity contribution in [3.63, 3.8) is 0 Å². The Kier molecular flexibility index (Phi) is 5.01. The molecule has 0 saturated carbocycles. The maximum atomic E-state index is 12.9. The van der Waals surface area contributed by atoms with Crippen LogP contribution in [0.25, 0.3) is 5.52 Å². The molecule has 2 aromatic rings. The Morgan fingerprint density at radius 3 is 3.04 bits per heavy atom. The van der Waals surface area contributed by atoms with Gasteiger partial charge in [0.15, 0.2) is 0 Å². The molecule has 1 aliphatic rings. The van der Waals surface area contributed by atoms with Gasteiger partial charge in [-0.2, -0.15) is 5.10 Å². The lowest BCUT2D eigenvalue weighted by Gasteiger charge is -2.24. The molecule has 1 N–H and O–H groups in total. The van der Waals surface area contributed by atoms with Gasteiger partial charge in [-0.25, -0.2) is 4.52 Å². The highest BCUT2D eigenvalue weighted by molar-refractivity contribution is 6.34.